The maximum atomic E-state index is 14.5. The summed E-state index contributed by atoms with van der Waals surface area (Å²) in [6.45, 7) is 17.3. The Labute approximate surface area is 401 Å². The summed E-state index contributed by atoms with van der Waals surface area (Å²) in [5.41, 5.74) is 1.29. The fourth-order valence-electron chi connectivity index (χ4n) is 11.1. The summed E-state index contributed by atoms with van der Waals surface area (Å²) in [5.74, 6) is -6.68. The molecule has 0 spiro atoms. The van der Waals surface area contributed by atoms with E-state index in [0.717, 1.165) is 24.8 Å². The first-order chi connectivity index (χ1) is 31.7. The van der Waals surface area contributed by atoms with Gasteiger partial charge in [0.05, 0.1) is 12.2 Å². The molecule has 0 aromatic carbocycles. The van der Waals surface area contributed by atoms with Crippen LogP contribution >= 0.6 is 0 Å². The van der Waals surface area contributed by atoms with E-state index in [1.54, 1.807) is 34.0 Å². The normalized spacial score (nSPS) is 39.7. The number of cyclic esters (lactones) is 1. The van der Waals surface area contributed by atoms with Crippen LogP contribution in [0.3, 0.4) is 0 Å². The number of ketones is 3. The average Bonchev–Trinajstić information content (AvgIpc) is 3.30. The van der Waals surface area contributed by atoms with E-state index in [1.807, 2.05) is 58.1 Å². The van der Waals surface area contributed by atoms with Gasteiger partial charge in [0.15, 0.2) is 5.78 Å². The summed E-state index contributed by atoms with van der Waals surface area (Å²) in [4.78, 5) is 72.1. The first-order valence-electron chi connectivity index (χ1n) is 25.2. The second-order valence-electron chi connectivity index (χ2n) is 21.1. The number of amides is 1. The van der Waals surface area contributed by atoms with Gasteiger partial charge in [-0.1, -0.05) is 91.3 Å². The molecule has 1 amide bonds. The number of Topliss-reactive ketones (excluding diaryl/α,β-unsaturated/α-hetero) is 3. The Morgan fingerprint density at radius 3 is 2.24 bits per heavy atom. The monoisotopic (exact) mass is 940 g/mol. The molecule has 0 aromatic heterocycles. The molecule has 3 N–H and O–H groups in total. The van der Waals surface area contributed by atoms with Crippen LogP contribution in [0.1, 0.15) is 139 Å². The SMILES string of the molecule is CO[C@H]1C[C@@H]2CC[C@@H](C)[C@@](O)(O2)C(=O)C(=O)N2CCCC[C@H]2C(=O)O[C@H]([C@H](C)C[C@@H]2CC[C@@H](C(C)C)[C@H](CO)C2)CC(=O)[C@H](C)/C=C(\C)[C@@H](O)[C@@H](OC)C(=O)[C@H](C)C[C@H](C)/C=C/C=C/C=C/1C. The molecule has 0 radical (unpaired) electrons. The van der Waals surface area contributed by atoms with Crippen molar-refractivity contribution in [1.29, 1.82) is 0 Å². The minimum Gasteiger partial charge on any atom is -0.460 e. The van der Waals surface area contributed by atoms with Crippen molar-refractivity contribution in [3.8, 4) is 0 Å². The molecule has 2 bridgehead atoms. The molecule has 13 heteroatoms. The zero-order chi connectivity index (χ0) is 49.7. The molecule has 4 rings (SSSR count). The highest BCUT2D eigenvalue weighted by atomic mass is 16.6. The van der Waals surface area contributed by atoms with E-state index >= 15 is 0 Å². The van der Waals surface area contributed by atoms with Gasteiger partial charge in [0.25, 0.3) is 11.7 Å². The maximum absolute atomic E-state index is 14.5. The molecule has 3 heterocycles. The van der Waals surface area contributed by atoms with Gasteiger partial charge in [-0.2, -0.15) is 0 Å². The quantitative estimate of drug-likeness (QED) is 0.129. The number of aliphatic hydroxyl groups is 3. The van der Waals surface area contributed by atoms with E-state index < -0.39 is 77.8 Å². The van der Waals surface area contributed by atoms with Gasteiger partial charge in [-0.05, 0) is 118 Å². The van der Waals surface area contributed by atoms with Crippen LogP contribution in [0.5, 0.6) is 0 Å². The van der Waals surface area contributed by atoms with Gasteiger partial charge in [0.2, 0.25) is 5.79 Å². The molecule has 2 saturated heterocycles. The van der Waals surface area contributed by atoms with E-state index in [-0.39, 0.29) is 61.2 Å². The van der Waals surface area contributed by atoms with Gasteiger partial charge in [-0.15, -0.1) is 0 Å². The number of aliphatic hydroxyl groups excluding tert-OH is 2. The molecule has 15 atom stereocenters. The van der Waals surface area contributed by atoms with Crippen molar-refractivity contribution in [3.63, 3.8) is 0 Å². The van der Waals surface area contributed by atoms with Crippen LogP contribution in [0.15, 0.2) is 47.6 Å². The van der Waals surface area contributed by atoms with E-state index in [0.29, 0.717) is 62.4 Å². The molecule has 4 aliphatic rings. The molecule has 3 aliphatic heterocycles. The Bertz CT molecular complexity index is 1800. The third-order valence-electron chi connectivity index (χ3n) is 15.6. The Hall–Kier alpha value is -3.33. The van der Waals surface area contributed by atoms with Crippen LogP contribution in [-0.4, -0.2) is 119 Å². The van der Waals surface area contributed by atoms with Crippen molar-refractivity contribution in [1.82, 2.24) is 4.90 Å². The Morgan fingerprint density at radius 1 is 0.866 bits per heavy atom. The second-order valence-corrected chi connectivity index (χ2v) is 21.1. The minimum atomic E-state index is -2.42. The molecule has 1 aliphatic carbocycles. The molecule has 0 aromatic rings. The van der Waals surface area contributed by atoms with Gasteiger partial charge in [-0.3, -0.25) is 19.2 Å². The summed E-state index contributed by atoms with van der Waals surface area (Å²) in [7, 11) is 2.97. The van der Waals surface area contributed by atoms with Crippen LogP contribution < -0.4 is 0 Å². The van der Waals surface area contributed by atoms with E-state index in [1.165, 1.54) is 12.0 Å². The van der Waals surface area contributed by atoms with Gasteiger partial charge >= 0.3 is 5.97 Å². The number of ether oxygens (including phenoxy) is 4. The average molecular weight is 940 g/mol. The van der Waals surface area contributed by atoms with Gasteiger partial charge in [0, 0.05) is 58.0 Å². The van der Waals surface area contributed by atoms with Crippen LogP contribution in [0.2, 0.25) is 0 Å². The van der Waals surface area contributed by atoms with Crippen molar-refractivity contribution in [2.75, 3.05) is 27.4 Å². The highest BCUT2D eigenvalue weighted by Crippen LogP contribution is 2.42. The molecule has 13 nitrogen and oxygen atoms in total. The lowest BCUT2D eigenvalue weighted by atomic mass is 9.68. The van der Waals surface area contributed by atoms with Crippen molar-refractivity contribution in [3.05, 3.63) is 47.6 Å². The van der Waals surface area contributed by atoms with Crippen molar-refractivity contribution in [2.24, 2.45) is 53.3 Å². The maximum Gasteiger partial charge on any atom is 0.329 e. The fourth-order valence-corrected chi connectivity index (χ4v) is 11.1. The number of hydrogen-bond donors (Lipinski definition) is 3. The number of esters is 1. The van der Waals surface area contributed by atoms with E-state index in [4.69, 9.17) is 18.9 Å². The van der Waals surface area contributed by atoms with Gasteiger partial charge in [0.1, 0.15) is 30.1 Å². The third-order valence-corrected chi connectivity index (χ3v) is 15.6. The third kappa shape index (κ3) is 14.8. The van der Waals surface area contributed by atoms with Crippen molar-refractivity contribution < 1.29 is 58.2 Å². The Balaban J connectivity index is 1.71. The number of hydrogen-bond acceptors (Lipinski definition) is 12. The topological polar surface area (TPSA) is 186 Å². The fraction of sp³-hybridized carbons (Fsp3) is 0.759. The van der Waals surface area contributed by atoms with Crippen LogP contribution in [0, 0.1) is 53.3 Å². The van der Waals surface area contributed by atoms with Crippen LogP contribution in [0.25, 0.3) is 0 Å². The number of fused-ring (bicyclic) bond motifs is 3. The Morgan fingerprint density at radius 2 is 1.58 bits per heavy atom. The van der Waals surface area contributed by atoms with E-state index in [2.05, 4.69) is 13.8 Å². The highest BCUT2D eigenvalue weighted by Gasteiger charge is 2.53. The standard InChI is InChI=1S/C54H85NO12/c1-32(2)43-23-21-40(28-41(43)31-56)27-36(6)47-30-45(57)35(5)26-38(8)49(59)50(65-11)48(58)37(7)25-33(3)17-13-12-14-18-34(4)46(64-10)29-42-22-20-39(9)54(63,67-42)51(60)52(61)55-24-16-15-19-44(55)53(62)66-47/h12-14,17-18,26,32-33,35-37,39-44,46-47,49-50,56,59,63H,15-16,19-25,27-31H2,1-11H3/b14-12+,17-13+,34-18+,38-26+/t33-,35-,36-,37-,39-,40+,41+,42+,43+,44+,46+,47+,49-,50+,54-/m1/s1. The first-order valence-corrected chi connectivity index (χ1v) is 25.2. The highest BCUT2D eigenvalue weighted by molar-refractivity contribution is 6.39. The zero-order valence-corrected chi connectivity index (χ0v) is 42.5. The predicted molar refractivity (Wildman–Crippen MR) is 257 cm³/mol. The molecular formula is C54H85NO12. The van der Waals surface area contributed by atoms with Crippen molar-refractivity contribution >= 4 is 29.2 Å². The van der Waals surface area contributed by atoms with Gasteiger partial charge < -0.3 is 39.2 Å². The number of rotatable bonds is 7. The summed E-state index contributed by atoms with van der Waals surface area (Å²) >= 11 is 0. The van der Waals surface area contributed by atoms with E-state index in [9.17, 15) is 39.3 Å². The Kier molecular flexibility index (Phi) is 21.9. The van der Waals surface area contributed by atoms with Gasteiger partial charge in [-0.25, -0.2) is 4.79 Å². The smallest absolute Gasteiger partial charge is 0.329 e. The number of methoxy groups -OCH3 is 2. The van der Waals surface area contributed by atoms with Crippen molar-refractivity contribution in [2.45, 2.75) is 182 Å². The number of nitrogens with zero attached hydrogens (tertiary/aromatic N) is 1. The predicted octanol–water partition coefficient (Wildman–Crippen LogP) is 7.69. The largest absolute Gasteiger partial charge is 0.460 e. The lowest BCUT2D eigenvalue weighted by Gasteiger charge is -2.42. The minimum absolute atomic E-state index is 0.0240. The first kappa shape index (κ1) is 56.3. The zero-order valence-electron chi connectivity index (χ0n) is 42.5. The number of allylic oxidation sites excluding steroid dienone is 6. The van der Waals surface area contributed by atoms with Crippen LogP contribution in [-0.2, 0) is 42.9 Å². The van der Waals surface area contributed by atoms with Crippen LogP contribution in [0.4, 0.5) is 0 Å². The summed E-state index contributed by atoms with van der Waals surface area (Å²) in [5, 5.41) is 33.8. The lowest BCUT2D eigenvalue weighted by molar-refractivity contribution is -0.265. The molecule has 3 fully saturated rings. The number of carbonyl (C=O) groups excluding carboxylic acids is 5. The summed E-state index contributed by atoms with van der Waals surface area (Å²) < 4.78 is 23.9. The molecule has 378 valence electrons. The lowest BCUT2D eigenvalue weighted by Crippen LogP contribution is -2.61. The molecule has 1 saturated carbocycles. The number of piperidine rings is 1. The number of carbonyl (C=O) groups is 5. The summed E-state index contributed by atoms with van der Waals surface area (Å²) in [6.07, 6.45) is 13.3. The second kappa shape index (κ2) is 26.0. The molecule has 67 heavy (non-hydrogen) atoms. The summed E-state index contributed by atoms with van der Waals surface area (Å²) in [6, 6.07) is -1.12. The molecular weight excluding hydrogens is 855 g/mol. The molecule has 0 unspecified atom stereocenters.